The van der Waals surface area contributed by atoms with Gasteiger partial charge >= 0.3 is 11.9 Å². The Kier molecular flexibility index (Phi) is 5.76. The molecule has 1 aliphatic heterocycles. The third kappa shape index (κ3) is 4.55. The zero-order valence-corrected chi connectivity index (χ0v) is 16.8. The molecule has 1 N–H and O–H groups in total. The van der Waals surface area contributed by atoms with Crippen molar-refractivity contribution in [1.29, 1.82) is 0 Å². The maximum absolute atomic E-state index is 11.6. The quantitative estimate of drug-likeness (QED) is 0.619. The van der Waals surface area contributed by atoms with Crippen LogP contribution in [0.4, 0.5) is 0 Å². The number of nitrogens with zero attached hydrogens (tertiary/aromatic N) is 1. The van der Waals surface area contributed by atoms with Gasteiger partial charge in [0.2, 0.25) is 0 Å². The lowest BCUT2D eigenvalue weighted by atomic mass is 9.80. The summed E-state index contributed by atoms with van der Waals surface area (Å²) < 4.78 is 5.54. The van der Waals surface area contributed by atoms with Gasteiger partial charge in [0, 0.05) is 29.5 Å². The highest BCUT2D eigenvalue weighted by molar-refractivity contribution is 7.99. The average Bonchev–Trinajstić information content (AvgIpc) is 2.66. The van der Waals surface area contributed by atoms with Gasteiger partial charge < -0.3 is 9.84 Å². The summed E-state index contributed by atoms with van der Waals surface area (Å²) in [6.45, 7) is 6.08. The summed E-state index contributed by atoms with van der Waals surface area (Å²) in [5.74, 6) is 4.88. The molecule has 1 aromatic heterocycles. The van der Waals surface area contributed by atoms with Crippen LogP contribution in [-0.4, -0.2) is 27.5 Å². The van der Waals surface area contributed by atoms with Crippen molar-refractivity contribution in [3.63, 3.8) is 0 Å². The van der Waals surface area contributed by atoms with E-state index in [0.717, 1.165) is 16.9 Å². The Labute approximate surface area is 168 Å². The van der Waals surface area contributed by atoms with Crippen LogP contribution in [-0.2, 0) is 14.9 Å². The van der Waals surface area contributed by atoms with E-state index in [0.29, 0.717) is 12.1 Å². The summed E-state index contributed by atoms with van der Waals surface area (Å²) in [5, 5.41) is 8.92. The molecule has 1 aromatic carbocycles. The Morgan fingerprint density at radius 2 is 2.07 bits per heavy atom. The number of carbonyl (C=O) groups excluding carboxylic acids is 1. The molecule has 2 aromatic rings. The molecule has 5 nitrogen and oxygen atoms in total. The highest BCUT2D eigenvalue weighted by Crippen LogP contribution is 2.46. The third-order valence-electron chi connectivity index (χ3n) is 4.54. The van der Waals surface area contributed by atoms with Gasteiger partial charge in [-0.3, -0.25) is 4.79 Å². The SMILES string of the molecule is CCC(=O)OC1CC(C)(C)c2cc(C#Cc3ccc(C(=O)O)cn3)ccc2S1. The van der Waals surface area contributed by atoms with Crippen LogP contribution >= 0.6 is 11.8 Å². The average molecular weight is 395 g/mol. The standard InChI is InChI=1S/C22H21NO4S/c1-4-19(24)27-20-12-22(2,3)17-11-14(6-10-18(17)28-20)5-8-16-9-7-15(13-23-16)21(25)26/h6-7,9-11,13,20H,4,12H2,1-3H3,(H,25,26). The molecule has 0 amide bonds. The Morgan fingerprint density at radius 1 is 1.29 bits per heavy atom. The molecule has 3 rings (SSSR count). The van der Waals surface area contributed by atoms with Crippen LogP contribution in [0.5, 0.6) is 0 Å². The molecule has 0 fully saturated rings. The molecule has 144 valence electrons. The molecule has 6 heteroatoms. The Morgan fingerprint density at radius 3 is 2.71 bits per heavy atom. The summed E-state index contributed by atoms with van der Waals surface area (Å²) in [7, 11) is 0. The predicted octanol–water partition coefficient (Wildman–Crippen LogP) is 4.23. The first kappa shape index (κ1) is 20.0. The molecule has 1 atom stereocenters. The van der Waals surface area contributed by atoms with E-state index in [1.54, 1.807) is 24.8 Å². The smallest absolute Gasteiger partial charge is 0.337 e. The number of ether oxygens (including phenoxy) is 1. The Hall–Kier alpha value is -2.78. The number of benzene rings is 1. The lowest BCUT2D eigenvalue weighted by molar-refractivity contribution is -0.145. The van der Waals surface area contributed by atoms with Gasteiger partial charge in [-0.25, -0.2) is 9.78 Å². The first-order chi connectivity index (χ1) is 13.3. The fraction of sp³-hybridized carbons (Fsp3) is 0.318. The number of carboxylic acid groups (broad SMARTS) is 1. The second-order valence-corrected chi connectivity index (χ2v) is 8.38. The zero-order valence-electron chi connectivity index (χ0n) is 16.0. The first-order valence-electron chi connectivity index (χ1n) is 9.00. The lowest BCUT2D eigenvalue weighted by Gasteiger charge is -2.36. The lowest BCUT2D eigenvalue weighted by Crippen LogP contribution is -2.30. The minimum atomic E-state index is -1.01. The number of pyridine rings is 1. The number of esters is 1. The molecular formula is C22H21NO4S. The second kappa shape index (κ2) is 8.07. The van der Waals surface area contributed by atoms with Crippen LogP contribution in [0.15, 0.2) is 41.4 Å². The molecular weight excluding hydrogens is 374 g/mol. The topological polar surface area (TPSA) is 76.5 Å². The van der Waals surface area contributed by atoms with Gasteiger partial charge in [0.25, 0.3) is 0 Å². The predicted molar refractivity (Wildman–Crippen MR) is 107 cm³/mol. The van der Waals surface area contributed by atoms with Crippen molar-refractivity contribution in [2.24, 2.45) is 0 Å². The number of aromatic carboxylic acids is 1. The second-order valence-electron chi connectivity index (χ2n) is 7.18. The highest BCUT2D eigenvalue weighted by atomic mass is 32.2. The number of thioether (sulfide) groups is 1. The molecule has 1 aliphatic rings. The number of aromatic nitrogens is 1. The van der Waals surface area contributed by atoms with Crippen LogP contribution < -0.4 is 0 Å². The largest absolute Gasteiger partial charge is 0.478 e. The number of hydrogen-bond donors (Lipinski definition) is 1. The monoisotopic (exact) mass is 395 g/mol. The van der Waals surface area contributed by atoms with Gasteiger partial charge in [0.05, 0.1) is 5.56 Å². The fourth-order valence-electron chi connectivity index (χ4n) is 2.98. The van der Waals surface area contributed by atoms with E-state index in [2.05, 4.69) is 36.7 Å². The van der Waals surface area contributed by atoms with Crippen molar-refractivity contribution in [3.05, 3.63) is 58.9 Å². The summed E-state index contributed by atoms with van der Waals surface area (Å²) in [6.07, 6.45) is 2.42. The van der Waals surface area contributed by atoms with Crippen molar-refractivity contribution in [2.45, 2.75) is 49.4 Å². The minimum absolute atomic E-state index is 0.136. The van der Waals surface area contributed by atoms with E-state index in [1.165, 1.54) is 17.8 Å². The summed E-state index contributed by atoms with van der Waals surface area (Å²) >= 11 is 1.57. The van der Waals surface area contributed by atoms with Crippen LogP contribution in [0.2, 0.25) is 0 Å². The molecule has 0 radical (unpaired) electrons. The van der Waals surface area contributed by atoms with Gasteiger partial charge in [0.1, 0.15) is 5.69 Å². The molecule has 28 heavy (non-hydrogen) atoms. The van der Waals surface area contributed by atoms with Crippen molar-refractivity contribution >= 4 is 23.7 Å². The van der Waals surface area contributed by atoms with Crippen LogP contribution in [0.3, 0.4) is 0 Å². The number of carbonyl (C=O) groups is 2. The molecule has 0 bridgehead atoms. The van der Waals surface area contributed by atoms with Crippen molar-refractivity contribution in [3.8, 4) is 11.8 Å². The molecule has 0 spiro atoms. The van der Waals surface area contributed by atoms with E-state index in [4.69, 9.17) is 9.84 Å². The Bertz CT molecular complexity index is 970. The number of rotatable bonds is 3. The highest BCUT2D eigenvalue weighted by Gasteiger charge is 2.35. The number of hydrogen-bond acceptors (Lipinski definition) is 5. The van der Waals surface area contributed by atoms with Gasteiger partial charge in [-0.2, -0.15) is 0 Å². The van der Waals surface area contributed by atoms with Crippen molar-refractivity contribution < 1.29 is 19.4 Å². The molecule has 1 unspecified atom stereocenters. The maximum atomic E-state index is 11.6. The van der Waals surface area contributed by atoms with E-state index in [9.17, 15) is 9.59 Å². The fourth-order valence-corrected chi connectivity index (χ4v) is 4.52. The molecule has 0 saturated carbocycles. The van der Waals surface area contributed by atoms with Crippen LogP contribution in [0.25, 0.3) is 0 Å². The van der Waals surface area contributed by atoms with Crippen molar-refractivity contribution in [2.75, 3.05) is 0 Å². The number of carboxylic acids is 1. The van der Waals surface area contributed by atoms with E-state index in [-0.39, 0.29) is 22.4 Å². The first-order valence-corrected chi connectivity index (χ1v) is 9.88. The summed E-state index contributed by atoms with van der Waals surface area (Å²) in [5.41, 5.74) is 2.38. The maximum Gasteiger partial charge on any atom is 0.337 e. The van der Waals surface area contributed by atoms with Crippen molar-refractivity contribution in [1.82, 2.24) is 4.98 Å². The van der Waals surface area contributed by atoms with E-state index >= 15 is 0 Å². The zero-order chi connectivity index (χ0) is 20.3. The Balaban J connectivity index is 1.82. The van der Waals surface area contributed by atoms with E-state index < -0.39 is 5.97 Å². The summed E-state index contributed by atoms with van der Waals surface area (Å²) in [4.78, 5) is 27.7. The minimum Gasteiger partial charge on any atom is -0.478 e. The number of fused-ring (bicyclic) bond motifs is 1. The normalized spacial score (nSPS) is 17.0. The molecule has 2 heterocycles. The molecule has 0 saturated heterocycles. The van der Waals surface area contributed by atoms with Gasteiger partial charge in [-0.05, 0) is 47.2 Å². The van der Waals surface area contributed by atoms with Gasteiger partial charge in [-0.15, -0.1) is 0 Å². The van der Waals surface area contributed by atoms with Crippen LogP contribution in [0, 0.1) is 11.8 Å². The van der Waals surface area contributed by atoms with E-state index in [1.807, 2.05) is 12.1 Å². The van der Waals surface area contributed by atoms with Crippen LogP contribution in [0.1, 0.15) is 60.8 Å². The van der Waals surface area contributed by atoms with Gasteiger partial charge in [0.15, 0.2) is 5.44 Å². The third-order valence-corrected chi connectivity index (χ3v) is 5.68. The summed E-state index contributed by atoms with van der Waals surface area (Å²) in [6, 6.07) is 9.10. The molecule has 0 aliphatic carbocycles. The van der Waals surface area contributed by atoms with Gasteiger partial charge in [-0.1, -0.05) is 38.5 Å².